The summed E-state index contributed by atoms with van der Waals surface area (Å²) in [6.45, 7) is 4.69. The van der Waals surface area contributed by atoms with Crippen LogP contribution in [0.3, 0.4) is 0 Å². The molecule has 4 nitrogen and oxygen atoms in total. The van der Waals surface area contributed by atoms with E-state index < -0.39 is 0 Å². The summed E-state index contributed by atoms with van der Waals surface area (Å²) in [6.07, 6.45) is 3.70. The molecule has 0 amide bonds. The number of hydrogen-bond donors (Lipinski definition) is 1. The van der Waals surface area contributed by atoms with E-state index in [-0.39, 0.29) is 0 Å². The van der Waals surface area contributed by atoms with E-state index in [1.165, 1.54) is 4.88 Å². The Morgan fingerprint density at radius 1 is 1.37 bits per heavy atom. The van der Waals surface area contributed by atoms with Crippen molar-refractivity contribution < 1.29 is 9.15 Å². The molecule has 0 aliphatic carbocycles. The van der Waals surface area contributed by atoms with Crippen LogP contribution < -0.4 is 5.32 Å². The minimum absolute atomic E-state index is 0.751. The van der Waals surface area contributed by atoms with Crippen LogP contribution in [0.15, 0.2) is 22.7 Å². The van der Waals surface area contributed by atoms with Crippen molar-refractivity contribution in [2.75, 3.05) is 26.8 Å². The minimum Gasteiger partial charge on any atom is -0.440 e. The second-order valence-corrected chi connectivity index (χ2v) is 5.66. The van der Waals surface area contributed by atoms with Gasteiger partial charge in [-0.05, 0) is 32.0 Å². The molecule has 1 N–H and O–H groups in total. The molecular formula is C14H20N2O2S. The number of ether oxygens (including phenoxy) is 1. The van der Waals surface area contributed by atoms with Gasteiger partial charge < -0.3 is 14.5 Å². The average Bonchev–Trinajstić information content (AvgIpc) is 3.02. The third-order valence-corrected chi connectivity index (χ3v) is 3.78. The highest BCUT2D eigenvalue weighted by molar-refractivity contribution is 7.15. The molecule has 2 rings (SSSR count). The van der Waals surface area contributed by atoms with Crippen LogP contribution in [-0.4, -0.2) is 31.8 Å². The minimum atomic E-state index is 0.751. The predicted octanol–water partition coefficient (Wildman–Crippen LogP) is 2.88. The van der Waals surface area contributed by atoms with Gasteiger partial charge in [0.1, 0.15) is 0 Å². The Bertz CT molecular complexity index is 493. The lowest BCUT2D eigenvalue weighted by atomic mass is 10.3. The van der Waals surface area contributed by atoms with Gasteiger partial charge in [-0.2, -0.15) is 0 Å². The lowest BCUT2D eigenvalue weighted by Crippen LogP contribution is -2.20. The lowest BCUT2D eigenvalue weighted by molar-refractivity contribution is 0.199. The van der Waals surface area contributed by atoms with Crippen LogP contribution in [0.1, 0.15) is 17.2 Å². The van der Waals surface area contributed by atoms with Crippen LogP contribution in [-0.2, 0) is 11.2 Å². The highest BCUT2D eigenvalue weighted by Gasteiger charge is 2.07. The Labute approximate surface area is 117 Å². The molecule has 2 aromatic rings. The molecule has 0 bridgehead atoms. The second-order valence-electron chi connectivity index (χ2n) is 4.37. The molecule has 5 heteroatoms. The van der Waals surface area contributed by atoms with Gasteiger partial charge in [0, 0.05) is 25.0 Å². The van der Waals surface area contributed by atoms with E-state index in [0.717, 1.165) is 49.1 Å². The van der Waals surface area contributed by atoms with E-state index in [0.29, 0.717) is 0 Å². The molecule has 0 atom stereocenters. The highest BCUT2D eigenvalue weighted by Crippen LogP contribution is 2.28. The van der Waals surface area contributed by atoms with Crippen molar-refractivity contribution in [1.82, 2.24) is 10.3 Å². The number of nitrogens with zero attached hydrogens (tertiary/aromatic N) is 1. The quantitative estimate of drug-likeness (QED) is 0.755. The highest BCUT2D eigenvalue weighted by atomic mass is 32.1. The van der Waals surface area contributed by atoms with Gasteiger partial charge in [-0.15, -0.1) is 11.3 Å². The van der Waals surface area contributed by atoms with Gasteiger partial charge in [-0.1, -0.05) is 0 Å². The molecule has 0 aliphatic heterocycles. The third-order valence-electron chi connectivity index (χ3n) is 2.76. The zero-order valence-corrected chi connectivity index (χ0v) is 12.3. The fraction of sp³-hybridized carbons (Fsp3) is 0.500. The molecule has 2 heterocycles. The fourth-order valence-electron chi connectivity index (χ4n) is 1.77. The number of thiophene rings is 1. The molecule has 0 saturated carbocycles. The van der Waals surface area contributed by atoms with Crippen molar-refractivity contribution in [3.05, 3.63) is 29.1 Å². The van der Waals surface area contributed by atoms with Crippen LogP contribution in [0.5, 0.6) is 0 Å². The normalized spacial score (nSPS) is 11.1. The second kappa shape index (κ2) is 7.43. The van der Waals surface area contributed by atoms with Gasteiger partial charge in [-0.25, -0.2) is 4.98 Å². The van der Waals surface area contributed by atoms with Crippen molar-refractivity contribution in [1.29, 1.82) is 0 Å². The molecule has 0 aromatic carbocycles. The van der Waals surface area contributed by atoms with E-state index in [9.17, 15) is 0 Å². The first-order chi connectivity index (χ1) is 9.29. The van der Waals surface area contributed by atoms with Crippen molar-refractivity contribution in [3.8, 4) is 10.6 Å². The Hall–Kier alpha value is -1.17. The first kappa shape index (κ1) is 14.2. The fourth-order valence-corrected chi connectivity index (χ4v) is 2.58. The number of hydrogen-bond acceptors (Lipinski definition) is 5. The molecule has 104 valence electrons. The summed E-state index contributed by atoms with van der Waals surface area (Å²) in [5.74, 6) is 1.69. The SMILES string of the molecule is COCCNCCCc1ncc(-c2ccc(C)s2)o1. The van der Waals surface area contributed by atoms with E-state index >= 15 is 0 Å². The first-order valence-electron chi connectivity index (χ1n) is 6.51. The summed E-state index contributed by atoms with van der Waals surface area (Å²) in [4.78, 5) is 6.76. The first-order valence-corrected chi connectivity index (χ1v) is 7.32. The Balaban J connectivity index is 1.75. The Morgan fingerprint density at radius 3 is 3.00 bits per heavy atom. The van der Waals surface area contributed by atoms with Gasteiger partial charge in [0.15, 0.2) is 11.7 Å². The summed E-state index contributed by atoms with van der Waals surface area (Å²) >= 11 is 1.73. The van der Waals surface area contributed by atoms with E-state index in [1.54, 1.807) is 18.4 Å². The molecule has 0 fully saturated rings. The van der Waals surface area contributed by atoms with Gasteiger partial charge in [-0.3, -0.25) is 0 Å². The summed E-state index contributed by atoms with van der Waals surface area (Å²) in [5, 5.41) is 3.31. The van der Waals surface area contributed by atoms with Gasteiger partial charge in [0.25, 0.3) is 0 Å². The Morgan fingerprint density at radius 2 is 2.26 bits per heavy atom. The van der Waals surface area contributed by atoms with E-state index in [2.05, 4.69) is 29.4 Å². The summed E-state index contributed by atoms with van der Waals surface area (Å²) in [6, 6.07) is 4.18. The number of rotatable bonds is 8. The molecule has 19 heavy (non-hydrogen) atoms. The van der Waals surface area contributed by atoms with Gasteiger partial charge >= 0.3 is 0 Å². The van der Waals surface area contributed by atoms with Gasteiger partial charge in [0.2, 0.25) is 0 Å². The standard InChI is InChI=1S/C14H20N2O2S/c1-11-5-6-13(19-11)12-10-16-14(18-12)4-3-7-15-8-9-17-2/h5-6,10,15H,3-4,7-9H2,1-2H3. The molecule has 0 saturated heterocycles. The van der Waals surface area contributed by atoms with Crippen LogP contribution in [0, 0.1) is 6.92 Å². The maximum absolute atomic E-state index is 5.76. The molecule has 0 radical (unpaired) electrons. The number of aryl methyl sites for hydroxylation is 2. The van der Waals surface area contributed by atoms with Crippen LogP contribution in [0.25, 0.3) is 10.6 Å². The van der Waals surface area contributed by atoms with Crippen molar-refractivity contribution >= 4 is 11.3 Å². The van der Waals surface area contributed by atoms with E-state index in [1.807, 2.05) is 6.20 Å². The molecule has 0 aliphatic rings. The molecule has 0 unspecified atom stereocenters. The maximum atomic E-state index is 5.76. The van der Waals surface area contributed by atoms with Crippen molar-refractivity contribution in [3.63, 3.8) is 0 Å². The predicted molar refractivity (Wildman–Crippen MR) is 77.6 cm³/mol. The smallest absolute Gasteiger partial charge is 0.194 e. The van der Waals surface area contributed by atoms with Crippen molar-refractivity contribution in [2.24, 2.45) is 0 Å². The summed E-state index contributed by atoms with van der Waals surface area (Å²) in [5.41, 5.74) is 0. The number of aromatic nitrogens is 1. The number of oxazole rings is 1. The van der Waals surface area contributed by atoms with Crippen LogP contribution >= 0.6 is 11.3 Å². The monoisotopic (exact) mass is 280 g/mol. The Kier molecular flexibility index (Phi) is 5.57. The average molecular weight is 280 g/mol. The number of methoxy groups -OCH3 is 1. The zero-order valence-electron chi connectivity index (χ0n) is 11.4. The summed E-state index contributed by atoms with van der Waals surface area (Å²) in [7, 11) is 1.71. The zero-order chi connectivity index (χ0) is 13.5. The topological polar surface area (TPSA) is 47.3 Å². The van der Waals surface area contributed by atoms with Gasteiger partial charge in [0.05, 0.1) is 17.7 Å². The van der Waals surface area contributed by atoms with Crippen molar-refractivity contribution in [2.45, 2.75) is 19.8 Å². The molecule has 2 aromatic heterocycles. The molecular weight excluding hydrogens is 260 g/mol. The lowest BCUT2D eigenvalue weighted by Gasteiger charge is -2.01. The maximum Gasteiger partial charge on any atom is 0.194 e. The van der Waals surface area contributed by atoms with E-state index in [4.69, 9.17) is 9.15 Å². The van der Waals surface area contributed by atoms with Crippen LogP contribution in [0.2, 0.25) is 0 Å². The summed E-state index contributed by atoms with van der Waals surface area (Å²) < 4.78 is 10.7. The molecule has 0 spiro atoms. The number of nitrogens with one attached hydrogen (secondary N) is 1. The largest absolute Gasteiger partial charge is 0.440 e. The third kappa shape index (κ3) is 4.45. The van der Waals surface area contributed by atoms with Crippen LogP contribution in [0.4, 0.5) is 0 Å².